The minimum Gasteiger partial charge on any atom is -0.288 e. The topological polar surface area (TPSA) is 62.6 Å². The molecule has 2 aromatic rings. The van der Waals surface area contributed by atoms with Crippen LogP contribution in [0.2, 0.25) is 0 Å². The average Bonchev–Trinajstić information content (AvgIpc) is 3.00. The SMILES string of the molecule is CC(C)C1N=C2c3ccccc3C(=O)C(=O)C2N1Cc1cccnc1. The van der Waals surface area contributed by atoms with Crippen LogP contribution in [0.15, 0.2) is 53.8 Å². The Morgan fingerprint density at radius 1 is 1.08 bits per heavy atom. The number of ketones is 2. The van der Waals surface area contributed by atoms with E-state index >= 15 is 0 Å². The number of hydrogen-bond acceptors (Lipinski definition) is 5. The van der Waals surface area contributed by atoms with E-state index < -0.39 is 11.8 Å². The summed E-state index contributed by atoms with van der Waals surface area (Å²) in [6, 6.07) is 10.5. The Hall–Kier alpha value is -2.66. The van der Waals surface area contributed by atoms with Crippen molar-refractivity contribution in [3.05, 3.63) is 65.5 Å². The summed E-state index contributed by atoms with van der Waals surface area (Å²) in [7, 11) is 0. The van der Waals surface area contributed by atoms with Crippen molar-refractivity contribution in [3.63, 3.8) is 0 Å². The smallest absolute Gasteiger partial charge is 0.231 e. The lowest BCUT2D eigenvalue weighted by atomic mass is 9.84. The van der Waals surface area contributed by atoms with Gasteiger partial charge in [0, 0.05) is 30.1 Å². The Labute approximate surface area is 146 Å². The number of carbonyl (C=O) groups excluding carboxylic acids is 2. The third-order valence-electron chi connectivity index (χ3n) is 4.81. The number of nitrogens with zero attached hydrogens (tertiary/aromatic N) is 3. The molecule has 4 rings (SSSR count). The maximum atomic E-state index is 12.9. The van der Waals surface area contributed by atoms with Crippen LogP contribution < -0.4 is 0 Å². The number of fused-ring (bicyclic) bond motifs is 3. The van der Waals surface area contributed by atoms with Crippen LogP contribution in [0.4, 0.5) is 0 Å². The molecule has 0 bridgehead atoms. The van der Waals surface area contributed by atoms with Gasteiger partial charge in [-0.3, -0.25) is 24.5 Å². The van der Waals surface area contributed by atoms with Gasteiger partial charge in [0.25, 0.3) is 0 Å². The van der Waals surface area contributed by atoms with E-state index in [9.17, 15) is 9.59 Å². The molecule has 0 spiro atoms. The van der Waals surface area contributed by atoms with Gasteiger partial charge in [-0.2, -0.15) is 0 Å². The molecule has 1 aliphatic carbocycles. The Bertz CT molecular complexity index is 874. The predicted octanol–water partition coefficient (Wildman–Crippen LogP) is 2.50. The summed E-state index contributed by atoms with van der Waals surface area (Å²) >= 11 is 0. The van der Waals surface area contributed by atoms with E-state index in [1.54, 1.807) is 24.5 Å². The number of Topliss-reactive ketones (excluding diaryl/α,β-unsaturated/α-hetero) is 2. The summed E-state index contributed by atoms with van der Waals surface area (Å²) in [5, 5.41) is 0. The normalized spacial score (nSPS) is 22.8. The summed E-state index contributed by atoms with van der Waals surface area (Å²) in [6.07, 6.45) is 3.38. The summed E-state index contributed by atoms with van der Waals surface area (Å²) in [4.78, 5) is 36.5. The first-order chi connectivity index (χ1) is 12.1. The van der Waals surface area contributed by atoms with Crippen molar-refractivity contribution in [2.24, 2.45) is 10.9 Å². The van der Waals surface area contributed by atoms with Gasteiger partial charge in [-0.25, -0.2) is 0 Å². The molecule has 5 nitrogen and oxygen atoms in total. The first-order valence-electron chi connectivity index (χ1n) is 8.48. The molecule has 1 aromatic heterocycles. The molecule has 2 aliphatic rings. The third-order valence-corrected chi connectivity index (χ3v) is 4.81. The van der Waals surface area contributed by atoms with Gasteiger partial charge in [-0.1, -0.05) is 44.2 Å². The number of rotatable bonds is 3. The molecule has 0 radical (unpaired) electrons. The zero-order valence-corrected chi connectivity index (χ0v) is 14.2. The fraction of sp³-hybridized carbons (Fsp3) is 0.300. The van der Waals surface area contributed by atoms with E-state index in [1.807, 2.05) is 29.2 Å². The standard InChI is InChI=1S/C20H19N3O2/c1-12(2)20-22-16-14-7-3-4-8-15(14)18(24)19(25)17(16)23(20)11-13-6-5-9-21-10-13/h3-10,12,17,20H,11H2,1-2H3. The van der Waals surface area contributed by atoms with Crippen LogP contribution in [0.25, 0.3) is 0 Å². The van der Waals surface area contributed by atoms with Crippen molar-refractivity contribution in [1.82, 2.24) is 9.88 Å². The molecule has 5 heteroatoms. The van der Waals surface area contributed by atoms with Crippen LogP contribution in [0.5, 0.6) is 0 Å². The van der Waals surface area contributed by atoms with Crippen LogP contribution >= 0.6 is 0 Å². The lowest BCUT2D eigenvalue weighted by molar-refractivity contribution is -0.118. The summed E-state index contributed by atoms with van der Waals surface area (Å²) in [6.45, 7) is 4.70. The highest BCUT2D eigenvalue weighted by Crippen LogP contribution is 2.33. The van der Waals surface area contributed by atoms with Crippen molar-refractivity contribution in [3.8, 4) is 0 Å². The van der Waals surface area contributed by atoms with Crippen LogP contribution in [0, 0.1) is 5.92 Å². The van der Waals surface area contributed by atoms with Crippen LogP contribution in [-0.2, 0) is 11.3 Å². The molecular weight excluding hydrogens is 314 g/mol. The van der Waals surface area contributed by atoms with Crippen molar-refractivity contribution < 1.29 is 9.59 Å². The second-order valence-electron chi connectivity index (χ2n) is 6.85. The first-order valence-corrected chi connectivity index (χ1v) is 8.48. The van der Waals surface area contributed by atoms with Crippen molar-refractivity contribution >= 4 is 17.3 Å². The Kier molecular flexibility index (Phi) is 3.81. The fourth-order valence-electron chi connectivity index (χ4n) is 3.67. The molecule has 0 fully saturated rings. The van der Waals surface area contributed by atoms with Gasteiger partial charge in [0.05, 0.1) is 5.71 Å². The van der Waals surface area contributed by atoms with E-state index in [-0.39, 0.29) is 17.9 Å². The highest BCUT2D eigenvalue weighted by molar-refractivity contribution is 6.54. The third kappa shape index (κ3) is 2.51. The van der Waals surface area contributed by atoms with E-state index in [1.165, 1.54) is 0 Å². The zero-order valence-electron chi connectivity index (χ0n) is 14.2. The van der Waals surface area contributed by atoms with Crippen molar-refractivity contribution in [2.75, 3.05) is 0 Å². The number of benzene rings is 1. The predicted molar refractivity (Wildman–Crippen MR) is 94.5 cm³/mol. The van der Waals surface area contributed by atoms with Gasteiger partial charge in [0.2, 0.25) is 11.6 Å². The number of aromatic nitrogens is 1. The van der Waals surface area contributed by atoms with Gasteiger partial charge in [0.1, 0.15) is 12.2 Å². The minimum atomic E-state index is -0.602. The maximum Gasteiger partial charge on any atom is 0.231 e. The lowest BCUT2D eigenvalue weighted by Gasteiger charge is -2.32. The van der Waals surface area contributed by atoms with Gasteiger partial charge in [0.15, 0.2) is 0 Å². The highest BCUT2D eigenvalue weighted by Gasteiger charge is 2.48. The Morgan fingerprint density at radius 2 is 1.84 bits per heavy atom. The van der Waals surface area contributed by atoms with Crippen LogP contribution in [0.1, 0.15) is 35.3 Å². The first kappa shape index (κ1) is 15.8. The van der Waals surface area contributed by atoms with E-state index in [0.29, 0.717) is 12.1 Å². The van der Waals surface area contributed by atoms with Gasteiger partial charge < -0.3 is 0 Å². The van der Waals surface area contributed by atoms with Gasteiger partial charge in [-0.15, -0.1) is 0 Å². The highest BCUT2D eigenvalue weighted by atomic mass is 16.2. The Balaban J connectivity index is 1.80. The second-order valence-corrected chi connectivity index (χ2v) is 6.85. The summed E-state index contributed by atoms with van der Waals surface area (Å²) in [5.74, 6) is -0.575. The zero-order chi connectivity index (χ0) is 17.6. The van der Waals surface area contributed by atoms with E-state index in [4.69, 9.17) is 4.99 Å². The molecule has 0 amide bonds. The molecular formula is C20H19N3O2. The molecule has 0 N–H and O–H groups in total. The fourth-order valence-corrected chi connectivity index (χ4v) is 3.67. The molecule has 2 unspecified atom stereocenters. The quantitative estimate of drug-likeness (QED) is 0.810. The molecule has 0 saturated carbocycles. The van der Waals surface area contributed by atoms with Crippen molar-refractivity contribution in [2.45, 2.75) is 32.6 Å². The second kappa shape index (κ2) is 6.01. The number of aliphatic imine (C=N–C) groups is 1. The van der Waals surface area contributed by atoms with E-state index in [0.717, 1.165) is 16.8 Å². The molecule has 0 saturated heterocycles. The molecule has 25 heavy (non-hydrogen) atoms. The summed E-state index contributed by atoms with van der Waals surface area (Å²) < 4.78 is 0. The molecule has 1 aliphatic heterocycles. The Morgan fingerprint density at radius 3 is 2.52 bits per heavy atom. The monoisotopic (exact) mass is 333 g/mol. The maximum absolute atomic E-state index is 12.9. The van der Waals surface area contributed by atoms with Crippen LogP contribution in [0.3, 0.4) is 0 Å². The van der Waals surface area contributed by atoms with Crippen LogP contribution in [-0.4, -0.2) is 39.4 Å². The number of carbonyl (C=O) groups is 2. The molecule has 2 heterocycles. The van der Waals surface area contributed by atoms with Crippen molar-refractivity contribution in [1.29, 1.82) is 0 Å². The number of hydrogen-bond donors (Lipinski definition) is 0. The summed E-state index contributed by atoms with van der Waals surface area (Å²) in [5.41, 5.74) is 2.98. The minimum absolute atomic E-state index is 0.136. The molecule has 126 valence electrons. The molecule has 1 aromatic carbocycles. The van der Waals surface area contributed by atoms with Gasteiger partial charge >= 0.3 is 0 Å². The molecule has 2 atom stereocenters. The van der Waals surface area contributed by atoms with Gasteiger partial charge in [-0.05, 0) is 17.5 Å². The largest absolute Gasteiger partial charge is 0.288 e. The van der Waals surface area contributed by atoms with E-state index in [2.05, 4.69) is 18.8 Å². The number of pyridine rings is 1. The lowest BCUT2D eigenvalue weighted by Crippen LogP contribution is -2.51. The average molecular weight is 333 g/mol.